The summed E-state index contributed by atoms with van der Waals surface area (Å²) >= 11 is 0. The first kappa shape index (κ1) is 17.5. The lowest BCUT2D eigenvalue weighted by Crippen LogP contribution is -2.22. The van der Waals surface area contributed by atoms with Crippen molar-refractivity contribution in [3.63, 3.8) is 0 Å². The van der Waals surface area contributed by atoms with Crippen LogP contribution >= 0.6 is 0 Å². The van der Waals surface area contributed by atoms with Crippen LogP contribution in [0.2, 0.25) is 0 Å². The van der Waals surface area contributed by atoms with Crippen LogP contribution in [0.25, 0.3) is 22.5 Å². The zero-order valence-electron chi connectivity index (χ0n) is 15.4. The fourth-order valence-corrected chi connectivity index (χ4v) is 3.19. The zero-order valence-corrected chi connectivity index (χ0v) is 15.4. The van der Waals surface area contributed by atoms with Crippen LogP contribution in [0.4, 0.5) is 0 Å². The van der Waals surface area contributed by atoms with Gasteiger partial charge >= 0.3 is 0 Å². The molecule has 3 rings (SSSR count). The van der Waals surface area contributed by atoms with E-state index in [4.69, 9.17) is 0 Å². The van der Waals surface area contributed by atoms with Crippen molar-refractivity contribution < 1.29 is 4.79 Å². The lowest BCUT2D eigenvalue weighted by molar-refractivity contribution is -0.124. The van der Waals surface area contributed by atoms with Crippen molar-refractivity contribution in [3.8, 4) is 11.8 Å². The van der Waals surface area contributed by atoms with Crippen molar-refractivity contribution in [2.45, 2.75) is 13.8 Å². The highest BCUT2D eigenvalue weighted by Crippen LogP contribution is 2.25. The third-order valence-electron chi connectivity index (χ3n) is 4.52. The lowest BCUT2D eigenvalue weighted by Gasteiger charge is -2.11. The molecule has 0 aliphatic rings. The molecule has 0 atom stereocenters. The highest BCUT2D eigenvalue weighted by molar-refractivity contribution is 6.01. The van der Waals surface area contributed by atoms with Crippen LogP contribution in [0.15, 0.2) is 54.1 Å². The molecule has 0 saturated carbocycles. The molecule has 130 valence electrons. The smallest absolute Gasteiger partial charge is 0.264 e. The molecular formula is C22H21N3O. The van der Waals surface area contributed by atoms with E-state index in [0.29, 0.717) is 0 Å². The van der Waals surface area contributed by atoms with Gasteiger partial charge in [-0.3, -0.25) is 4.79 Å². The van der Waals surface area contributed by atoms with Crippen molar-refractivity contribution in [1.29, 1.82) is 5.26 Å². The molecule has 1 amide bonds. The minimum atomic E-state index is -0.289. The first-order valence-electron chi connectivity index (χ1n) is 8.44. The van der Waals surface area contributed by atoms with Crippen LogP contribution in [0.5, 0.6) is 0 Å². The van der Waals surface area contributed by atoms with E-state index >= 15 is 0 Å². The van der Waals surface area contributed by atoms with E-state index in [2.05, 4.69) is 34.9 Å². The molecule has 0 fully saturated rings. The number of hydrogen-bond donors (Lipinski definition) is 0. The van der Waals surface area contributed by atoms with Crippen LogP contribution in [0, 0.1) is 25.2 Å². The van der Waals surface area contributed by atoms with Crippen LogP contribution < -0.4 is 0 Å². The second-order valence-electron chi connectivity index (χ2n) is 6.56. The Kier molecular flexibility index (Phi) is 4.64. The van der Waals surface area contributed by atoms with Gasteiger partial charge in [0.2, 0.25) is 0 Å². The van der Waals surface area contributed by atoms with Gasteiger partial charge in [-0.15, -0.1) is 0 Å². The number of amides is 1. The summed E-state index contributed by atoms with van der Waals surface area (Å²) in [4.78, 5) is 13.5. The molecule has 0 N–H and O–H groups in total. The van der Waals surface area contributed by atoms with Gasteiger partial charge in [-0.1, -0.05) is 30.3 Å². The van der Waals surface area contributed by atoms with E-state index in [9.17, 15) is 10.1 Å². The van der Waals surface area contributed by atoms with Gasteiger partial charge in [0.15, 0.2) is 0 Å². The molecule has 0 saturated heterocycles. The van der Waals surface area contributed by atoms with Gasteiger partial charge in [-0.2, -0.15) is 5.26 Å². The number of nitrogens with zero attached hydrogens (tertiary/aromatic N) is 3. The summed E-state index contributed by atoms with van der Waals surface area (Å²) in [7, 11) is 3.29. The molecular weight excluding hydrogens is 322 g/mol. The van der Waals surface area contributed by atoms with Crippen LogP contribution in [0.3, 0.4) is 0 Å². The molecule has 0 radical (unpaired) electrons. The monoisotopic (exact) mass is 343 g/mol. The Morgan fingerprint density at radius 3 is 2.42 bits per heavy atom. The average Bonchev–Trinajstić information content (AvgIpc) is 2.91. The number of carbonyl (C=O) groups is 1. The van der Waals surface area contributed by atoms with Gasteiger partial charge in [0.1, 0.15) is 11.6 Å². The molecule has 0 aliphatic carbocycles. The van der Waals surface area contributed by atoms with Crippen LogP contribution in [-0.2, 0) is 4.79 Å². The van der Waals surface area contributed by atoms with E-state index < -0.39 is 0 Å². The number of aromatic nitrogens is 1. The van der Waals surface area contributed by atoms with Gasteiger partial charge in [0, 0.05) is 31.2 Å². The highest BCUT2D eigenvalue weighted by atomic mass is 16.2. The van der Waals surface area contributed by atoms with Gasteiger partial charge in [0.25, 0.3) is 5.91 Å². The molecule has 1 aromatic heterocycles. The van der Waals surface area contributed by atoms with Crippen molar-refractivity contribution >= 4 is 22.8 Å². The topological polar surface area (TPSA) is 49.0 Å². The molecule has 26 heavy (non-hydrogen) atoms. The first-order chi connectivity index (χ1) is 12.4. The van der Waals surface area contributed by atoms with Crippen LogP contribution in [-0.4, -0.2) is 29.5 Å². The molecule has 0 unspecified atom stereocenters. The quantitative estimate of drug-likeness (QED) is 0.527. The largest absolute Gasteiger partial charge is 0.344 e. The van der Waals surface area contributed by atoms with E-state index in [1.165, 1.54) is 15.7 Å². The Morgan fingerprint density at radius 2 is 1.77 bits per heavy atom. The maximum absolute atomic E-state index is 12.1. The van der Waals surface area contributed by atoms with E-state index in [-0.39, 0.29) is 11.5 Å². The number of nitriles is 1. The van der Waals surface area contributed by atoms with Crippen molar-refractivity contribution in [2.75, 3.05) is 14.1 Å². The number of aryl methyl sites for hydroxylation is 1. The highest BCUT2D eigenvalue weighted by Gasteiger charge is 2.15. The van der Waals surface area contributed by atoms with Gasteiger partial charge in [-0.05, 0) is 54.5 Å². The Labute approximate surface area is 153 Å². The lowest BCUT2D eigenvalue weighted by atomic mass is 10.1. The fraction of sp³-hybridized carbons (Fsp3) is 0.182. The SMILES string of the molecule is Cc1cc(/C=C(/C#N)C(=O)N(C)C)c(C)n1-c1ccc2ccccc2c1. The average molecular weight is 343 g/mol. The number of hydrogen-bond acceptors (Lipinski definition) is 2. The van der Waals surface area contributed by atoms with Crippen molar-refractivity contribution in [2.24, 2.45) is 0 Å². The summed E-state index contributed by atoms with van der Waals surface area (Å²) < 4.78 is 2.15. The van der Waals surface area contributed by atoms with Gasteiger partial charge < -0.3 is 9.47 Å². The Bertz CT molecular complexity index is 1060. The molecule has 2 aromatic carbocycles. The third-order valence-corrected chi connectivity index (χ3v) is 4.52. The maximum Gasteiger partial charge on any atom is 0.264 e. The predicted octanol–water partition coefficient (Wildman–Crippen LogP) is 4.24. The molecule has 0 bridgehead atoms. The third kappa shape index (κ3) is 3.12. The van der Waals surface area contributed by atoms with Gasteiger partial charge in [0.05, 0.1) is 0 Å². The van der Waals surface area contributed by atoms with Crippen LogP contribution in [0.1, 0.15) is 17.0 Å². The molecule has 0 spiro atoms. The molecule has 4 nitrogen and oxygen atoms in total. The fourth-order valence-electron chi connectivity index (χ4n) is 3.19. The van der Waals surface area contributed by atoms with E-state index in [1.54, 1.807) is 20.2 Å². The second kappa shape index (κ2) is 6.89. The van der Waals surface area contributed by atoms with E-state index in [0.717, 1.165) is 22.6 Å². The maximum atomic E-state index is 12.1. The van der Waals surface area contributed by atoms with Crippen molar-refractivity contribution in [3.05, 3.63) is 71.1 Å². The molecule has 1 heterocycles. The number of benzene rings is 2. The Hall–Kier alpha value is -3.32. The summed E-state index contributed by atoms with van der Waals surface area (Å²) in [6.07, 6.45) is 1.67. The number of carbonyl (C=O) groups excluding carboxylic acids is 1. The van der Waals surface area contributed by atoms with E-state index in [1.807, 2.05) is 38.1 Å². The zero-order chi connectivity index (χ0) is 18.8. The summed E-state index contributed by atoms with van der Waals surface area (Å²) in [6, 6.07) is 18.6. The molecule has 4 heteroatoms. The summed E-state index contributed by atoms with van der Waals surface area (Å²) in [5.74, 6) is -0.289. The van der Waals surface area contributed by atoms with Crippen molar-refractivity contribution in [1.82, 2.24) is 9.47 Å². The first-order valence-corrected chi connectivity index (χ1v) is 8.44. The summed E-state index contributed by atoms with van der Waals surface area (Å²) in [5.41, 5.74) is 4.13. The Balaban J connectivity index is 2.10. The standard InChI is InChI=1S/C22H21N3O/c1-15-11-19(12-20(14-23)22(26)24(3)4)16(2)25(15)21-10-9-17-7-5-6-8-18(17)13-21/h5-13H,1-4H3/b20-12-. The Morgan fingerprint density at radius 1 is 1.08 bits per heavy atom. The summed E-state index contributed by atoms with van der Waals surface area (Å²) in [6.45, 7) is 4.03. The number of fused-ring (bicyclic) bond motifs is 1. The number of rotatable bonds is 3. The summed E-state index contributed by atoms with van der Waals surface area (Å²) in [5, 5.41) is 11.7. The number of likely N-dealkylation sites (N-methyl/N-ethyl adjacent to an activating group) is 1. The predicted molar refractivity (Wildman–Crippen MR) is 105 cm³/mol. The minimum Gasteiger partial charge on any atom is -0.344 e. The molecule has 0 aliphatic heterocycles. The van der Waals surface area contributed by atoms with Gasteiger partial charge in [-0.25, -0.2) is 0 Å². The minimum absolute atomic E-state index is 0.133. The normalized spacial score (nSPS) is 11.4. The second-order valence-corrected chi connectivity index (χ2v) is 6.56. The molecule has 3 aromatic rings.